The molecular formula is C14H13N5O2. The topological polar surface area (TPSA) is 85.8 Å². The molecule has 1 aromatic carbocycles. The molecule has 0 aliphatic rings. The molecule has 0 fully saturated rings. The second kappa shape index (κ2) is 5.20. The first kappa shape index (κ1) is 13.0. The molecule has 2 heterocycles. The molecule has 0 aliphatic carbocycles. The lowest BCUT2D eigenvalue weighted by atomic mass is 10.2. The Morgan fingerprint density at radius 1 is 1.24 bits per heavy atom. The number of hydrogen-bond donors (Lipinski definition) is 1. The van der Waals surface area contributed by atoms with Gasteiger partial charge < -0.3 is 4.42 Å². The Kier molecular flexibility index (Phi) is 3.23. The molecule has 2 aromatic heterocycles. The van der Waals surface area contributed by atoms with Gasteiger partial charge in [0.05, 0.1) is 5.69 Å². The molecule has 0 radical (unpaired) electrons. The van der Waals surface area contributed by atoms with Crippen molar-refractivity contribution in [2.75, 3.05) is 5.32 Å². The van der Waals surface area contributed by atoms with Gasteiger partial charge in [0.2, 0.25) is 0 Å². The van der Waals surface area contributed by atoms with Gasteiger partial charge in [-0.2, -0.15) is 5.10 Å². The first-order chi connectivity index (χ1) is 10.1. The van der Waals surface area contributed by atoms with Gasteiger partial charge in [-0.05, 0) is 25.1 Å². The fourth-order valence-corrected chi connectivity index (χ4v) is 1.95. The van der Waals surface area contributed by atoms with E-state index in [4.69, 9.17) is 4.42 Å². The van der Waals surface area contributed by atoms with Crippen LogP contribution >= 0.6 is 0 Å². The lowest BCUT2D eigenvalue weighted by Gasteiger charge is -1.99. The predicted molar refractivity (Wildman–Crippen MR) is 75.6 cm³/mol. The Labute approximate surface area is 120 Å². The Morgan fingerprint density at radius 2 is 2.00 bits per heavy atom. The fraction of sp³-hybridized carbons (Fsp3) is 0.143. The van der Waals surface area contributed by atoms with Crippen LogP contribution in [-0.4, -0.2) is 25.9 Å². The summed E-state index contributed by atoms with van der Waals surface area (Å²) in [6.45, 7) is 1.87. The number of carbonyl (C=O) groups excluding carboxylic acids is 1. The van der Waals surface area contributed by atoms with Gasteiger partial charge in [0, 0.05) is 12.6 Å². The molecule has 0 aliphatic heterocycles. The third-order valence-electron chi connectivity index (χ3n) is 2.90. The number of benzene rings is 1. The smallest absolute Gasteiger partial charge is 0.322 e. The van der Waals surface area contributed by atoms with E-state index in [9.17, 15) is 4.79 Å². The molecule has 7 heteroatoms. The Bertz CT molecular complexity index is 776. The van der Waals surface area contributed by atoms with Crippen LogP contribution in [0, 0.1) is 6.92 Å². The lowest BCUT2D eigenvalue weighted by molar-refractivity contribution is 0.102. The van der Waals surface area contributed by atoms with E-state index in [2.05, 4.69) is 20.6 Å². The molecule has 0 bridgehead atoms. The standard InChI is InChI=1S/C14H13N5O2/c1-9-8-11(19(2)18-9)13-16-17-14(21-13)15-12(20)10-6-4-3-5-7-10/h3-8H,1-2H3,(H,15,17,20). The highest BCUT2D eigenvalue weighted by atomic mass is 16.4. The van der Waals surface area contributed by atoms with Gasteiger partial charge in [-0.15, -0.1) is 5.10 Å². The maximum Gasteiger partial charge on any atom is 0.322 e. The van der Waals surface area contributed by atoms with Gasteiger partial charge in [-0.3, -0.25) is 14.8 Å². The van der Waals surface area contributed by atoms with Gasteiger partial charge in [-0.1, -0.05) is 23.3 Å². The molecule has 21 heavy (non-hydrogen) atoms. The summed E-state index contributed by atoms with van der Waals surface area (Å²) in [6.07, 6.45) is 0. The first-order valence-electron chi connectivity index (χ1n) is 6.34. The quantitative estimate of drug-likeness (QED) is 0.794. The number of rotatable bonds is 3. The summed E-state index contributed by atoms with van der Waals surface area (Å²) in [5, 5.41) is 14.5. The third kappa shape index (κ3) is 2.66. The maximum atomic E-state index is 12.0. The van der Waals surface area contributed by atoms with Crippen molar-refractivity contribution in [2.24, 2.45) is 7.05 Å². The minimum absolute atomic E-state index is 0.0534. The van der Waals surface area contributed by atoms with Crippen LogP contribution in [0.1, 0.15) is 16.1 Å². The summed E-state index contributed by atoms with van der Waals surface area (Å²) >= 11 is 0. The number of amides is 1. The van der Waals surface area contributed by atoms with Crippen molar-refractivity contribution in [1.82, 2.24) is 20.0 Å². The molecule has 1 amide bonds. The molecular weight excluding hydrogens is 270 g/mol. The second-order valence-electron chi connectivity index (χ2n) is 4.53. The summed E-state index contributed by atoms with van der Waals surface area (Å²) in [5.41, 5.74) is 2.06. The average Bonchev–Trinajstić information content (AvgIpc) is 3.06. The van der Waals surface area contributed by atoms with Crippen molar-refractivity contribution in [3.8, 4) is 11.6 Å². The van der Waals surface area contributed by atoms with E-state index >= 15 is 0 Å². The SMILES string of the molecule is Cc1cc(-c2nnc(NC(=O)c3ccccc3)o2)n(C)n1. The van der Waals surface area contributed by atoms with E-state index in [0.717, 1.165) is 5.69 Å². The van der Waals surface area contributed by atoms with Crippen LogP contribution < -0.4 is 5.32 Å². The van der Waals surface area contributed by atoms with Crippen molar-refractivity contribution >= 4 is 11.9 Å². The minimum atomic E-state index is -0.299. The van der Waals surface area contributed by atoms with E-state index in [1.165, 1.54) is 0 Å². The lowest BCUT2D eigenvalue weighted by Crippen LogP contribution is -2.11. The van der Waals surface area contributed by atoms with E-state index in [0.29, 0.717) is 17.1 Å². The van der Waals surface area contributed by atoms with Crippen LogP contribution in [0.3, 0.4) is 0 Å². The average molecular weight is 283 g/mol. The van der Waals surface area contributed by atoms with Gasteiger partial charge in [0.15, 0.2) is 0 Å². The number of nitrogens with zero attached hydrogens (tertiary/aromatic N) is 4. The van der Waals surface area contributed by atoms with Crippen LogP contribution in [0.5, 0.6) is 0 Å². The van der Waals surface area contributed by atoms with Crippen LogP contribution in [0.25, 0.3) is 11.6 Å². The number of carbonyl (C=O) groups is 1. The highest BCUT2D eigenvalue weighted by molar-refractivity contribution is 6.03. The summed E-state index contributed by atoms with van der Waals surface area (Å²) in [4.78, 5) is 12.0. The highest BCUT2D eigenvalue weighted by Gasteiger charge is 2.15. The molecule has 0 spiro atoms. The number of anilines is 1. The minimum Gasteiger partial charge on any atom is -0.401 e. The zero-order valence-corrected chi connectivity index (χ0v) is 11.6. The Balaban J connectivity index is 1.80. The Hall–Kier alpha value is -2.96. The monoisotopic (exact) mass is 283 g/mol. The molecule has 0 saturated heterocycles. The summed E-state index contributed by atoms with van der Waals surface area (Å²) < 4.78 is 7.09. The van der Waals surface area contributed by atoms with Gasteiger partial charge in [-0.25, -0.2) is 0 Å². The first-order valence-corrected chi connectivity index (χ1v) is 6.34. The van der Waals surface area contributed by atoms with Crippen LogP contribution in [0.4, 0.5) is 6.01 Å². The molecule has 7 nitrogen and oxygen atoms in total. The number of hydrogen-bond acceptors (Lipinski definition) is 5. The predicted octanol–water partition coefficient (Wildman–Crippen LogP) is 2.03. The van der Waals surface area contributed by atoms with Crippen molar-refractivity contribution in [1.29, 1.82) is 0 Å². The van der Waals surface area contributed by atoms with E-state index in [-0.39, 0.29) is 11.9 Å². The molecule has 1 N–H and O–H groups in total. The Morgan fingerprint density at radius 3 is 2.67 bits per heavy atom. The second-order valence-corrected chi connectivity index (χ2v) is 4.53. The van der Waals surface area contributed by atoms with Crippen LogP contribution in [0.15, 0.2) is 40.8 Å². The van der Waals surface area contributed by atoms with Crippen molar-refractivity contribution in [3.05, 3.63) is 47.7 Å². The largest absolute Gasteiger partial charge is 0.401 e. The summed E-state index contributed by atoms with van der Waals surface area (Å²) in [6, 6.07) is 10.7. The van der Waals surface area contributed by atoms with Crippen molar-refractivity contribution < 1.29 is 9.21 Å². The number of nitrogens with one attached hydrogen (secondary N) is 1. The molecule has 0 atom stereocenters. The van der Waals surface area contributed by atoms with E-state index < -0.39 is 0 Å². The molecule has 106 valence electrons. The van der Waals surface area contributed by atoms with E-state index in [1.54, 1.807) is 36.0 Å². The third-order valence-corrected chi connectivity index (χ3v) is 2.90. The van der Waals surface area contributed by atoms with Gasteiger partial charge in [0.25, 0.3) is 11.8 Å². The van der Waals surface area contributed by atoms with Gasteiger partial charge >= 0.3 is 6.01 Å². The van der Waals surface area contributed by atoms with Crippen LogP contribution in [0.2, 0.25) is 0 Å². The van der Waals surface area contributed by atoms with Crippen LogP contribution in [-0.2, 0) is 7.05 Å². The summed E-state index contributed by atoms with van der Waals surface area (Å²) in [5.74, 6) is 0.00782. The molecule has 0 saturated carbocycles. The number of aryl methyl sites for hydroxylation is 2. The maximum absolute atomic E-state index is 12.0. The molecule has 3 rings (SSSR count). The van der Waals surface area contributed by atoms with Crippen molar-refractivity contribution in [2.45, 2.75) is 6.92 Å². The summed E-state index contributed by atoms with van der Waals surface area (Å²) in [7, 11) is 1.79. The van der Waals surface area contributed by atoms with Crippen molar-refractivity contribution in [3.63, 3.8) is 0 Å². The normalized spacial score (nSPS) is 10.6. The molecule has 3 aromatic rings. The zero-order valence-electron chi connectivity index (χ0n) is 11.6. The van der Waals surface area contributed by atoms with Gasteiger partial charge in [0.1, 0.15) is 5.69 Å². The fourth-order valence-electron chi connectivity index (χ4n) is 1.95. The zero-order chi connectivity index (χ0) is 14.8. The number of aromatic nitrogens is 4. The van der Waals surface area contributed by atoms with E-state index in [1.807, 2.05) is 19.1 Å². The highest BCUT2D eigenvalue weighted by Crippen LogP contribution is 2.20. The molecule has 0 unspecified atom stereocenters.